The molecule has 0 aliphatic rings. The maximum Gasteiger partial charge on any atom is 0.338 e. The Morgan fingerprint density at radius 1 is 1.11 bits per heavy atom. The third-order valence-electron chi connectivity index (χ3n) is 3.74. The second-order valence-electron chi connectivity index (χ2n) is 5.88. The van der Waals surface area contributed by atoms with Crippen molar-refractivity contribution < 1.29 is 23.5 Å². The second-order valence-corrected chi connectivity index (χ2v) is 5.88. The monoisotopic (exact) mass is 372 g/mol. The van der Waals surface area contributed by atoms with E-state index in [4.69, 9.17) is 4.74 Å². The average Bonchev–Trinajstić information content (AvgIpc) is 2.63. The number of rotatable bonds is 7. The van der Waals surface area contributed by atoms with E-state index in [9.17, 15) is 18.8 Å². The first-order valence-corrected chi connectivity index (χ1v) is 8.46. The molecule has 6 nitrogen and oxygen atoms in total. The van der Waals surface area contributed by atoms with Crippen molar-refractivity contribution >= 4 is 23.5 Å². The number of nitrogens with one attached hydrogen (secondary N) is 1. The van der Waals surface area contributed by atoms with Gasteiger partial charge in [0.25, 0.3) is 5.91 Å². The number of hydrogen-bond donors (Lipinski definition) is 1. The van der Waals surface area contributed by atoms with Gasteiger partial charge in [0.1, 0.15) is 5.82 Å². The van der Waals surface area contributed by atoms with E-state index in [1.165, 1.54) is 36.1 Å². The summed E-state index contributed by atoms with van der Waals surface area (Å²) in [6.07, 6.45) is 0. The summed E-state index contributed by atoms with van der Waals surface area (Å²) >= 11 is 0. The van der Waals surface area contributed by atoms with Crippen LogP contribution >= 0.6 is 0 Å². The van der Waals surface area contributed by atoms with Crippen molar-refractivity contribution in [1.82, 2.24) is 4.90 Å². The van der Waals surface area contributed by atoms with Crippen LogP contribution in [-0.2, 0) is 20.9 Å². The quantitative estimate of drug-likeness (QED) is 0.758. The molecular formula is C20H21FN2O4. The number of anilines is 1. The molecule has 2 aromatic carbocycles. The van der Waals surface area contributed by atoms with Crippen LogP contribution in [0.1, 0.15) is 29.8 Å². The highest BCUT2D eigenvalue weighted by molar-refractivity contribution is 5.94. The minimum Gasteiger partial charge on any atom is -0.452 e. The number of ether oxygens (including phenoxy) is 1. The van der Waals surface area contributed by atoms with E-state index in [1.807, 2.05) is 0 Å². The number of esters is 1. The van der Waals surface area contributed by atoms with Crippen LogP contribution in [0.15, 0.2) is 48.5 Å². The summed E-state index contributed by atoms with van der Waals surface area (Å²) in [5, 5.41) is 2.57. The van der Waals surface area contributed by atoms with Crippen LogP contribution in [0.4, 0.5) is 10.1 Å². The highest BCUT2D eigenvalue weighted by Crippen LogP contribution is 2.12. The molecule has 2 amide bonds. The van der Waals surface area contributed by atoms with Crippen LogP contribution in [0, 0.1) is 5.82 Å². The molecule has 0 saturated carbocycles. The molecule has 7 heteroatoms. The fourth-order valence-corrected chi connectivity index (χ4v) is 2.46. The molecule has 0 heterocycles. The maximum absolute atomic E-state index is 13.3. The minimum atomic E-state index is -0.669. The number of carbonyl (C=O) groups excluding carboxylic acids is 3. The van der Waals surface area contributed by atoms with Crippen LogP contribution in [0.3, 0.4) is 0 Å². The van der Waals surface area contributed by atoms with Gasteiger partial charge < -0.3 is 15.0 Å². The lowest BCUT2D eigenvalue weighted by atomic mass is 10.2. The van der Waals surface area contributed by atoms with Gasteiger partial charge in [-0.2, -0.15) is 0 Å². The van der Waals surface area contributed by atoms with Crippen molar-refractivity contribution in [2.24, 2.45) is 0 Å². The van der Waals surface area contributed by atoms with Crippen molar-refractivity contribution in [3.05, 3.63) is 65.5 Å². The van der Waals surface area contributed by atoms with Crippen LogP contribution in [0.25, 0.3) is 0 Å². The molecule has 0 unspecified atom stereocenters. The van der Waals surface area contributed by atoms with Gasteiger partial charge in [0.15, 0.2) is 6.61 Å². The normalized spacial score (nSPS) is 10.2. The smallest absolute Gasteiger partial charge is 0.338 e. The number of halogens is 1. The van der Waals surface area contributed by atoms with Gasteiger partial charge >= 0.3 is 5.97 Å². The largest absolute Gasteiger partial charge is 0.452 e. The Morgan fingerprint density at radius 3 is 2.52 bits per heavy atom. The highest BCUT2D eigenvalue weighted by atomic mass is 19.1. The number of hydrogen-bond acceptors (Lipinski definition) is 4. The maximum atomic E-state index is 13.3. The fourth-order valence-electron chi connectivity index (χ4n) is 2.46. The van der Waals surface area contributed by atoms with E-state index in [0.717, 1.165) is 0 Å². The zero-order valence-corrected chi connectivity index (χ0v) is 15.2. The van der Waals surface area contributed by atoms with Crippen molar-refractivity contribution in [2.75, 3.05) is 18.5 Å². The molecule has 0 radical (unpaired) electrons. The Kier molecular flexibility index (Phi) is 7.05. The standard InChI is InChI=1S/C20H21FN2O4/c1-3-23(12-15-6-4-8-17(21)10-15)19(25)13-27-20(26)16-7-5-9-18(11-16)22-14(2)24/h4-11H,3,12-13H2,1-2H3,(H,22,24). The Balaban J connectivity index is 1.94. The summed E-state index contributed by atoms with van der Waals surface area (Å²) in [6, 6.07) is 12.2. The Morgan fingerprint density at radius 2 is 1.85 bits per heavy atom. The van der Waals surface area contributed by atoms with E-state index in [-0.39, 0.29) is 29.7 Å². The molecule has 0 aromatic heterocycles. The first kappa shape index (κ1) is 20.1. The lowest BCUT2D eigenvalue weighted by Crippen LogP contribution is -2.34. The number of nitrogens with zero attached hydrogens (tertiary/aromatic N) is 1. The third-order valence-corrected chi connectivity index (χ3v) is 3.74. The lowest BCUT2D eigenvalue weighted by Gasteiger charge is -2.21. The van der Waals surface area contributed by atoms with Gasteiger partial charge in [-0.25, -0.2) is 9.18 Å². The molecule has 0 aliphatic carbocycles. The molecule has 2 rings (SSSR count). The summed E-state index contributed by atoms with van der Waals surface area (Å²) in [5.41, 5.74) is 1.34. The predicted octanol–water partition coefficient (Wildman–Crippen LogP) is 2.99. The molecule has 0 saturated heterocycles. The third kappa shape index (κ3) is 6.22. The van der Waals surface area contributed by atoms with E-state index in [1.54, 1.807) is 31.2 Å². The number of amides is 2. The molecule has 0 atom stereocenters. The summed E-state index contributed by atoms with van der Waals surface area (Å²) < 4.78 is 18.4. The van der Waals surface area contributed by atoms with Crippen LogP contribution in [0.5, 0.6) is 0 Å². The molecule has 2 aromatic rings. The first-order chi connectivity index (χ1) is 12.9. The number of likely N-dealkylation sites (N-methyl/N-ethyl adjacent to an activating group) is 1. The Labute approximate surface area is 156 Å². The molecule has 0 aliphatic heterocycles. The van der Waals surface area contributed by atoms with Gasteiger partial charge in [-0.1, -0.05) is 18.2 Å². The van der Waals surface area contributed by atoms with Crippen molar-refractivity contribution in [1.29, 1.82) is 0 Å². The van der Waals surface area contributed by atoms with Gasteiger partial charge in [0.2, 0.25) is 5.91 Å². The van der Waals surface area contributed by atoms with E-state index < -0.39 is 12.6 Å². The zero-order chi connectivity index (χ0) is 19.8. The molecule has 27 heavy (non-hydrogen) atoms. The van der Waals surface area contributed by atoms with Crippen molar-refractivity contribution in [2.45, 2.75) is 20.4 Å². The minimum absolute atomic E-state index is 0.224. The summed E-state index contributed by atoms with van der Waals surface area (Å²) in [7, 11) is 0. The number of benzene rings is 2. The Bertz CT molecular complexity index is 838. The van der Waals surface area contributed by atoms with E-state index in [2.05, 4.69) is 5.32 Å². The van der Waals surface area contributed by atoms with Gasteiger partial charge in [0.05, 0.1) is 5.56 Å². The molecule has 0 fully saturated rings. The topological polar surface area (TPSA) is 75.7 Å². The SMILES string of the molecule is CCN(Cc1cccc(F)c1)C(=O)COC(=O)c1cccc(NC(C)=O)c1. The molecule has 1 N–H and O–H groups in total. The Hall–Kier alpha value is -3.22. The van der Waals surface area contributed by atoms with E-state index >= 15 is 0 Å². The summed E-state index contributed by atoms with van der Waals surface area (Å²) in [6.45, 7) is 3.34. The molecule has 0 bridgehead atoms. The summed E-state index contributed by atoms with van der Waals surface area (Å²) in [4.78, 5) is 37.0. The first-order valence-electron chi connectivity index (χ1n) is 8.46. The van der Waals surface area contributed by atoms with Crippen LogP contribution in [-0.4, -0.2) is 35.8 Å². The predicted molar refractivity (Wildman–Crippen MR) is 98.5 cm³/mol. The number of carbonyl (C=O) groups is 3. The van der Waals surface area contributed by atoms with Gasteiger partial charge in [-0.3, -0.25) is 9.59 Å². The zero-order valence-electron chi connectivity index (χ0n) is 15.2. The second kappa shape index (κ2) is 9.47. The van der Waals surface area contributed by atoms with Gasteiger partial charge in [0, 0.05) is 25.7 Å². The van der Waals surface area contributed by atoms with E-state index in [0.29, 0.717) is 17.8 Å². The molecule has 0 spiro atoms. The van der Waals surface area contributed by atoms with Gasteiger partial charge in [-0.05, 0) is 42.8 Å². The summed E-state index contributed by atoms with van der Waals surface area (Å²) in [5.74, 6) is -1.68. The molecule has 142 valence electrons. The lowest BCUT2D eigenvalue weighted by molar-refractivity contribution is -0.135. The van der Waals surface area contributed by atoms with Gasteiger partial charge in [-0.15, -0.1) is 0 Å². The van der Waals surface area contributed by atoms with Crippen LogP contribution in [0.2, 0.25) is 0 Å². The van der Waals surface area contributed by atoms with Crippen molar-refractivity contribution in [3.63, 3.8) is 0 Å². The van der Waals surface area contributed by atoms with Crippen molar-refractivity contribution in [3.8, 4) is 0 Å². The molecular weight excluding hydrogens is 351 g/mol. The average molecular weight is 372 g/mol. The van der Waals surface area contributed by atoms with Crippen LogP contribution < -0.4 is 5.32 Å². The fraction of sp³-hybridized carbons (Fsp3) is 0.250. The highest BCUT2D eigenvalue weighted by Gasteiger charge is 2.16.